The molecule has 0 radical (unpaired) electrons. The highest BCUT2D eigenvalue weighted by molar-refractivity contribution is 7.92. The second-order valence-electron chi connectivity index (χ2n) is 6.72. The molecule has 2 aromatic carbocycles. The van der Waals surface area contributed by atoms with E-state index in [1.54, 1.807) is 26.0 Å². The van der Waals surface area contributed by atoms with Crippen molar-refractivity contribution in [2.24, 2.45) is 5.92 Å². The summed E-state index contributed by atoms with van der Waals surface area (Å²) in [4.78, 5) is 12.8. The summed E-state index contributed by atoms with van der Waals surface area (Å²) in [5.41, 5.74) is 1.49. The van der Waals surface area contributed by atoms with Gasteiger partial charge in [-0.1, -0.05) is 44.2 Å². The lowest BCUT2D eigenvalue weighted by molar-refractivity contribution is 0.0925. The van der Waals surface area contributed by atoms with E-state index in [1.807, 2.05) is 30.3 Å². The lowest BCUT2D eigenvalue weighted by Gasteiger charge is -2.23. The van der Waals surface area contributed by atoms with Crippen LogP contribution in [0.3, 0.4) is 0 Å². The third kappa shape index (κ3) is 4.48. The van der Waals surface area contributed by atoms with Gasteiger partial charge in [0.25, 0.3) is 5.91 Å². The summed E-state index contributed by atoms with van der Waals surface area (Å²) in [7, 11) is -3.33. The van der Waals surface area contributed by atoms with Crippen molar-refractivity contribution in [1.29, 1.82) is 0 Å². The van der Waals surface area contributed by atoms with Crippen molar-refractivity contribution < 1.29 is 13.2 Å². The van der Waals surface area contributed by atoms with E-state index in [9.17, 15) is 13.2 Å². The van der Waals surface area contributed by atoms with Crippen molar-refractivity contribution in [1.82, 2.24) is 5.32 Å². The molecule has 1 atom stereocenters. The fourth-order valence-corrected chi connectivity index (χ4v) is 3.65. The van der Waals surface area contributed by atoms with Crippen LogP contribution >= 0.6 is 0 Å². The van der Waals surface area contributed by atoms with E-state index in [4.69, 9.17) is 0 Å². The van der Waals surface area contributed by atoms with E-state index in [0.717, 1.165) is 5.56 Å². The fraction of sp³-hybridized carbons (Fsp3) is 0.350. The number of hydrogen-bond acceptors (Lipinski definition) is 3. The lowest BCUT2D eigenvalue weighted by Crippen LogP contribution is -2.31. The minimum Gasteiger partial charge on any atom is -0.345 e. The average Bonchev–Trinajstić information content (AvgIpc) is 2.59. The smallest absolute Gasteiger partial charge is 0.251 e. The van der Waals surface area contributed by atoms with Crippen LogP contribution in [0, 0.1) is 5.92 Å². The van der Waals surface area contributed by atoms with Crippen LogP contribution in [-0.4, -0.2) is 19.6 Å². The number of carbonyl (C=O) groups is 1. The Kier molecular flexibility index (Phi) is 6.01. The summed E-state index contributed by atoms with van der Waals surface area (Å²) < 4.78 is 24.3. The molecular formula is C20H25NO3S. The fourth-order valence-electron chi connectivity index (χ4n) is 2.59. The predicted molar refractivity (Wildman–Crippen MR) is 100 cm³/mol. The van der Waals surface area contributed by atoms with Gasteiger partial charge in [-0.25, -0.2) is 8.42 Å². The van der Waals surface area contributed by atoms with E-state index in [0.29, 0.717) is 5.56 Å². The molecule has 4 nitrogen and oxygen atoms in total. The van der Waals surface area contributed by atoms with Gasteiger partial charge >= 0.3 is 0 Å². The van der Waals surface area contributed by atoms with Crippen molar-refractivity contribution in [3.05, 3.63) is 65.7 Å². The maximum Gasteiger partial charge on any atom is 0.251 e. The number of sulfone groups is 1. The Labute approximate surface area is 150 Å². The topological polar surface area (TPSA) is 63.2 Å². The SMILES string of the molecule is CC(C)C(NC(=O)c1ccc(S(=O)(=O)C(C)C)cc1)c1ccccc1. The zero-order chi connectivity index (χ0) is 18.6. The number of benzene rings is 2. The van der Waals surface area contributed by atoms with Crippen molar-refractivity contribution >= 4 is 15.7 Å². The second kappa shape index (κ2) is 7.83. The molecule has 2 rings (SSSR count). The third-order valence-corrected chi connectivity index (χ3v) is 6.35. The molecule has 5 heteroatoms. The van der Waals surface area contributed by atoms with E-state index in [1.165, 1.54) is 12.1 Å². The minimum atomic E-state index is -3.33. The Hall–Kier alpha value is -2.14. The Bertz CT molecular complexity index is 810. The summed E-state index contributed by atoms with van der Waals surface area (Å²) in [5.74, 6) is 0.0167. The molecule has 0 aliphatic rings. The summed E-state index contributed by atoms with van der Waals surface area (Å²) in [5, 5.41) is 2.55. The highest BCUT2D eigenvalue weighted by atomic mass is 32.2. The molecule has 0 fully saturated rings. The number of amides is 1. The van der Waals surface area contributed by atoms with Crippen molar-refractivity contribution in [2.45, 2.75) is 43.9 Å². The van der Waals surface area contributed by atoms with Crippen LogP contribution < -0.4 is 5.32 Å². The van der Waals surface area contributed by atoms with Gasteiger partial charge in [-0.3, -0.25) is 4.79 Å². The van der Waals surface area contributed by atoms with Gasteiger partial charge in [-0.2, -0.15) is 0 Å². The largest absolute Gasteiger partial charge is 0.345 e. The molecule has 0 saturated carbocycles. The standard InChI is InChI=1S/C20H25NO3S/c1-14(2)19(16-8-6-5-7-9-16)21-20(22)17-10-12-18(13-11-17)25(23,24)15(3)4/h5-15,19H,1-4H3,(H,21,22). The molecule has 134 valence electrons. The lowest BCUT2D eigenvalue weighted by atomic mass is 9.95. The highest BCUT2D eigenvalue weighted by Crippen LogP contribution is 2.22. The first-order chi connectivity index (χ1) is 11.7. The van der Waals surface area contributed by atoms with Crippen molar-refractivity contribution in [2.75, 3.05) is 0 Å². The molecule has 25 heavy (non-hydrogen) atoms. The Morgan fingerprint density at radius 1 is 0.880 bits per heavy atom. The quantitative estimate of drug-likeness (QED) is 0.848. The summed E-state index contributed by atoms with van der Waals surface area (Å²) >= 11 is 0. The summed E-state index contributed by atoms with van der Waals surface area (Å²) in [6.45, 7) is 7.39. The molecule has 0 spiro atoms. The van der Waals surface area contributed by atoms with Crippen LogP contribution in [0.25, 0.3) is 0 Å². The van der Waals surface area contributed by atoms with Crippen molar-refractivity contribution in [3.8, 4) is 0 Å². The maximum atomic E-state index is 12.6. The van der Waals surface area contributed by atoms with Crippen LogP contribution in [-0.2, 0) is 9.84 Å². The number of rotatable bonds is 6. The van der Waals surface area contributed by atoms with Gasteiger partial charge in [0.2, 0.25) is 0 Å². The summed E-state index contributed by atoms with van der Waals surface area (Å²) in [6.07, 6.45) is 0. The van der Waals surface area contributed by atoms with Crippen LogP contribution in [0.15, 0.2) is 59.5 Å². The van der Waals surface area contributed by atoms with Gasteiger partial charge in [0, 0.05) is 5.56 Å². The van der Waals surface area contributed by atoms with Crippen LogP contribution in [0.4, 0.5) is 0 Å². The first-order valence-electron chi connectivity index (χ1n) is 8.43. The molecule has 0 aliphatic heterocycles. The molecule has 1 unspecified atom stereocenters. The molecular weight excluding hydrogens is 334 g/mol. The minimum absolute atomic E-state index is 0.104. The van der Waals surface area contributed by atoms with Gasteiger partial charge in [0.15, 0.2) is 9.84 Å². The molecule has 2 aromatic rings. The average molecular weight is 359 g/mol. The van der Waals surface area contributed by atoms with E-state index in [2.05, 4.69) is 19.2 Å². The predicted octanol–water partition coefficient (Wildman–Crippen LogP) is 4.00. The Balaban J connectivity index is 2.20. The normalized spacial score (nSPS) is 13.0. The first kappa shape index (κ1) is 19.2. The van der Waals surface area contributed by atoms with Crippen LogP contribution in [0.5, 0.6) is 0 Å². The number of nitrogens with one attached hydrogen (secondary N) is 1. The Morgan fingerprint density at radius 3 is 1.92 bits per heavy atom. The third-order valence-electron chi connectivity index (χ3n) is 4.18. The van der Waals surface area contributed by atoms with Gasteiger partial charge in [0.05, 0.1) is 16.2 Å². The van der Waals surface area contributed by atoms with Gasteiger partial charge < -0.3 is 5.32 Å². The van der Waals surface area contributed by atoms with Crippen molar-refractivity contribution in [3.63, 3.8) is 0 Å². The monoisotopic (exact) mass is 359 g/mol. The highest BCUT2D eigenvalue weighted by Gasteiger charge is 2.21. The zero-order valence-electron chi connectivity index (χ0n) is 15.1. The van der Waals surface area contributed by atoms with E-state index < -0.39 is 15.1 Å². The van der Waals surface area contributed by atoms with E-state index >= 15 is 0 Å². The molecule has 1 amide bonds. The molecule has 0 bridgehead atoms. The summed E-state index contributed by atoms with van der Waals surface area (Å²) in [6, 6.07) is 15.8. The number of carbonyl (C=O) groups excluding carboxylic acids is 1. The van der Waals surface area contributed by atoms with Crippen LogP contribution in [0.2, 0.25) is 0 Å². The first-order valence-corrected chi connectivity index (χ1v) is 9.98. The number of hydrogen-bond donors (Lipinski definition) is 1. The Morgan fingerprint density at radius 2 is 1.44 bits per heavy atom. The zero-order valence-corrected chi connectivity index (χ0v) is 15.9. The molecule has 1 N–H and O–H groups in total. The molecule has 0 heterocycles. The molecule has 0 aliphatic carbocycles. The van der Waals surface area contributed by atoms with Gasteiger partial charge in [0.1, 0.15) is 0 Å². The molecule has 0 aromatic heterocycles. The van der Waals surface area contributed by atoms with Gasteiger partial charge in [-0.15, -0.1) is 0 Å². The maximum absolute atomic E-state index is 12.6. The van der Waals surface area contributed by atoms with Gasteiger partial charge in [-0.05, 0) is 49.6 Å². The molecule has 0 saturated heterocycles. The second-order valence-corrected chi connectivity index (χ2v) is 9.23. The van der Waals surface area contributed by atoms with E-state index in [-0.39, 0.29) is 22.8 Å². The van der Waals surface area contributed by atoms with Crippen LogP contribution in [0.1, 0.15) is 49.7 Å².